The van der Waals surface area contributed by atoms with Gasteiger partial charge in [-0.05, 0) is 24.6 Å². The Labute approximate surface area is 156 Å². The van der Waals surface area contributed by atoms with Gasteiger partial charge in [0.15, 0.2) is 5.89 Å². The zero-order valence-corrected chi connectivity index (χ0v) is 14.9. The normalized spacial score (nSPS) is 19.3. The molecule has 138 valence electrons. The lowest BCUT2D eigenvalue weighted by Crippen LogP contribution is -2.36. The molecule has 0 N–H and O–H groups in total. The number of ether oxygens (including phenoxy) is 1. The molecular formula is C20H20N4O3. The van der Waals surface area contributed by atoms with Crippen molar-refractivity contribution in [3.05, 3.63) is 65.6 Å². The van der Waals surface area contributed by atoms with Crippen molar-refractivity contribution in [2.75, 3.05) is 19.8 Å². The van der Waals surface area contributed by atoms with Crippen molar-refractivity contribution in [2.45, 2.75) is 25.3 Å². The van der Waals surface area contributed by atoms with E-state index in [4.69, 9.17) is 9.15 Å². The summed E-state index contributed by atoms with van der Waals surface area (Å²) >= 11 is 0. The van der Waals surface area contributed by atoms with Gasteiger partial charge in [0.05, 0.1) is 30.3 Å². The van der Waals surface area contributed by atoms with Crippen LogP contribution in [0.4, 0.5) is 0 Å². The minimum atomic E-state index is -0.0134. The van der Waals surface area contributed by atoms with Gasteiger partial charge in [-0.15, -0.1) is 0 Å². The van der Waals surface area contributed by atoms with E-state index in [0.29, 0.717) is 31.7 Å². The number of benzene rings is 1. The first-order valence-electron chi connectivity index (χ1n) is 9.24. The molecule has 0 bridgehead atoms. The fourth-order valence-electron chi connectivity index (χ4n) is 3.73. The minimum Gasteiger partial charge on any atom is -0.445 e. The Morgan fingerprint density at radius 1 is 1.22 bits per heavy atom. The van der Waals surface area contributed by atoms with Crippen LogP contribution in [0.5, 0.6) is 0 Å². The average molecular weight is 364 g/mol. The van der Waals surface area contributed by atoms with Gasteiger partial charge >= 0.3 is 0 Å². The van der Waals surface area contributed by atoms with Crippen molar-refractivity contribution in [1.82, 2.24) is 19.7 Å². The molecule has 1 amide bonds. The highest BCUT2D eigenvalue weighted by atomic mass is 16.5. The fourth-order valence-corrected chi connectivity index (χ4v) is 3.73. The van der Waals surface area contributed by atoms with Gasteiger partial charge in [-0.1, -0.05) is 12.1 Å². The molecule has 0 spiro atoms. The fraction of sp³-hybridized carbons (Fsp3) is 0.350. The maximum Gasteiger partial charge on any atom is 0.256 e. The Morgan fingerprint density at radius 2 is 2.15 bits per heavy atom. The standard InChI is InChI=1S/C20H20N4O3/c25-20(15-4-1-2-5-17(15)24-9-3-8-21-24)23-10-6-18-16(12-23)22-19(27-18)14-7-11-26-13-14/h1-5,8-9,14H,6-7,10-13H2. The lowest BCUT2D eigenvalue weighted by molar-refractivity contribution is 0.0727. The molecule has 2 aromatic heterocycles. The Morgan fingerprint density at radius 3 is 2.96 bits per heavy atom. The van der Waals surface area contributed by atoms with Gasteiger partial charge in [0, 0.05) is 32.0 Å². The van der Waals surface area contributed by atoms with Gasteiger partial charge in [-0.2, -0.15) is 5.10 Å². The molecule has 1 unspecified atom stereocenters. The number of hydrogen-bond donors (Lipinski definition) is 0. The maximum absolute atomic E-state index is 13.2. The second-order valence-electron chi connectivity index (χ2n) is 6.93. The number of rotatable bonds is 3. The van der Waals surface area contributed by atoms with Gasteiger partial charge in [0.1, 0.15) is 11.5 Å². The Hall–Kier alpha value is -2.93. The van der Waals surface area contributed by atoms with Gasteiger partial charge in [0.2, 0.25) is 0 Å². The number of fused-ring (bicyclic) bond motifs is 1. The minimum absolute atomic E-state index is 0.0134. The van der Waals surface area contributed by atoms with Crippen LogP contribution in [-0.2, 0) is 17.7 Å². The van der Waals surface area contributed by atoms with E-state index in [1.54, 1.807) is 10.9 Å². The van der Waals surface area contributed by atoms with E-state index in [9.17, 15) is 4.79 Å². The zero-order valence-electron chi connectivity index (χ0n) is 14.9. The third kappa shape index (κ3) is 2.94. The number of nitrogens with zero attached hydrogens (tertiary/aromatic N) is 4. The van der Waals surface area contributed by atoms with Crippen LogP contribution in [0.3, 0.4) is 0 Å². The smallest absolute Gasteiger partial charge is 0.256 e. The molecule has 0 saturated carbocycles. The molecule has 1 saturated heterocycles. The molecule has 0 aliphatic carbocycles. The number of para-hydroxylation sites is 1. The second-order valence-corrected chi connectivity index (χ2v) is 6.93. The summed E-state index contributed by atoms with van der Waals surface area (Å²) in [4.78, 5) is 19.7. The van der Waals surface area contributed by atoms with Crippen molar-refractivity contribution >= 4 is 5.91 Å². The summed E-state index contributed by atoms with van der Waals surface area (Å²) in [5, 5.41) is 4.26. The van der Waals surface area contributed by atoms with Crippen LogP contribution in [0.1, 0.15) is 40.0 Å². The number of aromatic nitrogens is 3. The summed E-state index contributed by atoms with van der Waals surface area (Å²) < 4.78 is 13.1. The Bertz CT molecular complexity index is 958. The third-order valence-electron chi connectivity index (χ3n) is 5.20. The van der Waals surface area contributed by atoms with Crippen molar-refractivity contribution in [3.8, 4) is 5.69 Å². The van der Waals surface area contributed by atoms with Crippen LogP contribution >= 0.6 is 0 Å². The summed E-state index contributed by atoms with van der Waals surface area (Å²) in [6, 6.07) is 9.39. The molecule has 2 aliphatic heterocycles. The number of carbonyl (C=O) groups is 1. The monoisotopic (exact) mass is 364 g/mol. The van der Waals surface area contributed by atoms with Crippen molar-refractivity contribution in [2.24, 2.45) is 0 Å². The SMILES string of the molecule is O=C(c1ccccc1-n1cccn1)N1CCc2oc(C3CCOC3)nc2C1. The highest BCUT2D eigenvalue weighted by molar-refractivity contribution is 5.97. The number of oxazole rings is 1. The molecule has 5 rings (SSSR count). The first-order chi connectivity index (χ1) is 13.3. The van der Waals surface area contributed by atoms with Gasteiger partial charge < -0.3 is 14.1 Å². The highest BCUT2D eigenvalue weighted by Crippen LogP contribution is 2.29. The summed E-state index contributed by atoms with van der Waals surface area (Å²) in [6.07, 6.45) is 5.18. The molecule has 27 heavy (non-hydrogen) atoms. The predicted molar refractivity (Wildman–Crippen MR) is 96.7 cm³/mol. The van der Waals surface area contributed by atoms with Crippen molar-refractivity contribution < 1.29 is 13.9 Å². The zero-order chi connectivity index (χ0) is 18.2. The quantitative estimate of drug-likeness (QED) is 0.714. The number of hydrogen-bond acceptors (Lipinski definition) is 5. The van der Waals surface area contributed by atoms with Crippen LogP contribution in [0.15, 0.2) is 47.1 Å². The molecule has 2 aliphatic rings. The predicted octanol–water partition coefficient (Wildman–Crippen LogP) is 2.56. The molecule has 7 nitrogen and oxygen atoms in total. The Kier molecular flexibility index (Phi) is 4.01. The highest BCUT2D eigenvalue weighted by Gasteiger charge is 2.30. The lowest BCUT2D eigenvalue weighted by atomic mass is 10.1. The molecular weight excluding hydrogens is 344 g/mol. The summed E-state index contributed by atoms with van der Waals surface area (Å²) in [5.41, 5.74) is 2.29. The average Bonchev–Trinajstić information content (AvgIpc) is 3.48. The largest absolute Gasteiger partial charge is 0.445 e. The van der Waals surface area contributed by atoms with Gasteiger partial charge in [-0.25, -0.2) is 9.67 Å². The Balaban J connectivity index is 1.40. The molecule has 7 heteroatoms. The van der Waals surface area contributed by atoms with E-state index >= 15 is 0 Å². The maximum atomic E-state index is 13.2. The van der Waals surface area contributed by atoms with Crippen LogP contribution in [0, 0.1) is 0 Å². The van der Waals surface area contributed by atoms with E-state index in [1.165, 1.54) is 0 Å². The topological polar surface area (TPSA) is 73.4 Å². The number of carbonyl (C=O) groups excluding carboxylic acids is 1. The second kappa shape index (κ2) is 6.66. The van der Waals surface area contributed by atoms with E-state index in [2.05, 4.69) is 10.1 Å². The van der Waals surface area contributed by atoms with Crippen molar-refractivity contribution in [1.29, 1.82) is 0 Å². The van der Waals surface area contributed by atoms with Crippen LogP contribution in [0.2, 0.25) is 0 Å². The van der Waals surface area contributed by atoms with E-state index < -0.39 is 0 Å². The van der Waals surface area contributed by atoms with E-state index in [-0.39, 0.29) is 11.8 Å². The first kappa shape index (κ1) is 16.3. The summed E-state index contributed by atoms with van der Waals surface area (Å²) in [6.45, 7) is 2.51. The van der Waals surface area contributed by atoms with Crippen LogP contribution < -0.4 is 0 Å². The van der Waals surface area contributed by atoms with Gasteiger partial charge in [-0.3, -0.25) is 4.79 Å². The molecule has 3 aromatic rings. The van der Waals surface area contributed by atoms with Crippen molar-refractivity contribution in [3.63, 3.8) is 0 Å². The molecule has 1 fully saturated rings. The third-order valence-corrected chi connectivity index (χ3v) is 5.20. The first-order valence-corrected chi connectivity index (χ1v) is 9.24. The molecule has 1 aromatic carbocycles. The lowest BCUT2D eigenvalue weighted by Gasteiger charge is -2.26. The van der Waals surface area contributed by atoms with Gasteiger partial charge in [0.25, 0.3) is 5.91 Å². The molecule has 4 heterocycles. The summed E-state index contributed by atoms with van der Waals surface area (Å²) in [7, 11) is 0. The number of amides is 1. The molecule has 1 atom stereocenters. The van der Waals surface area contributed by atoms with Crippen LogP contribution in [-0.4, -0.2) is 45.3 Å². The summed E-state index contributed by atoms with van der Waals surface area (Å²) in [5.74, 6) is 1.88. The van der Waals surface area contributed by atoms with E-state index in [0.717, 1.165) is 36.1 Å². The molecule has 0 radical (unpaired) electrons. The van der Waals surface area contributed by atoms with E-state index in [1.807, 2.05) is 41.4 Å². The van der Waals surface area contributed by atoms with Crippen LogP contribution in [0.25, 0.3) is 5.69 Å².